The molecule has 0 saturated carbocycles. The zero-order chi connectivity index (χ0) is 39.7. The molecule has 0 atom stereocenters. The monoisotopic (exact) mass is 760 g/mol. The van der Waals surface area contributed by atoms with Gasteiger partial charge >= 0.3 is 0 Å². The van der Waals surface area contributed by atoms with E-state index in [1.807, 2.05) is 0 Å². The molecule has 9 aromatic rings. The third kappa shape index (κ3) is 4.11. The Balaban J connectivity index is 0.957. The van der Waals surface area contributed by atoms with Gasteiger partial charge < -0.3 is 0 Å². The average molecular weight is 761 g/mol. The second-order valence-corrected chi connectivity index (χ2v) is 17.1. The van der Waals surface area contributed by atoms with Crippen molar-refractivity contribution in [3.8, 4) is 55.6 Å². The first-order valence-electron chi connectivity index (χ1n) is 21.3. The van der Waals surface area contributed by atoms with E-state index in [9.17, 15) is 0 Å². The van der Waals surface area contributed by atoms with Crippen molar-refractivity contribution >= 4 is 5.57 Å². The third-order valence-corrected chi connectivity index (χ3v) is 14.5. The fourth-order valence-corrected chi connectivity index (χ4v) is 12.1. The summed E-state index contributed by atoms with van der Waals surface area (Å²) in [7, 11) is 0. The minimum atomic E-state index is -0.370. The number of allylic oxidation sites excluding steroid dienone is 1. The van der Waals surface area contributed by atoms with Crippen molar-refractivity contribution in [1.82, 2.24) is 0 Å². The van der Waals surface area contributed by atoms with Crippen molar-refractivity contribution in [3.05, 3.63) is 267 Å². The summed E-state index contributed by atoms with van der Waals surface area (Å²) < 4.78 is 0. The Bertz CT molecular complexity index is 3220. The molecule has 0 saturated heterocycles. The summed E-state index contributed by atoms with van der Waals surface area (Å²) >= 11 is 0. The van der Waals surface area contributed by atoms with Crippen LogP contribution in [0.2, 0.25) is 0 Å². The molecule has 0 radical (unpaired) electrons. The number of rotatable bonds is 3. The van der Waals surface area contributed by atoms with Gasteiger partial charge in [0, 0.05) is 0 Å². The highest BCUT2D eigenvalue weighted by Crippen LogP contribution is 2.64. The van der Waals surface area contributed by atoms with Crippen molar-refractivity contribution in [2.75, 3.05) is 0 Å². The zero-order valence-corrected chi connectivity index (χ0v) is 33.6. The summed E-state index contributed by atoms with van der Waals surface area (Å²) in [5.74, 6) is 0. The van der Waals surface area contributed by atoms with Gasteiger partial charge in [0.05, 0.1) is 10.8 Å². The predicted molar refractivity (Wildman–Crippen MR) is 248 cm³/mol. The standard InChI is InChI=1S/C60H40/c1-37-15-3-4-16-43(37)58-38(2)59(51-22-10-5-17-44(51)45-18-6-11-23-52(45)59)57-36-42(32-34-50(57)58)40-29-27-39(28-30-40)41-31-33-49-48-21-9-14-26-55(48)60(56(49)35-41)53-24-12-7-19-46(53)47-20-8-13-25-54(47)60/h3-36H,1-2H3. The van der Waals surface area contributed by atoms with Crippen LogP contribution < -0.4 is 0 Å². The Morgan fingerprint density at radius 2 is 0.567 bits per heavy atom. The lowest BCUT2D eigenvalue weighted by Gasteiger charge is -2.31. The zero-order valence-electron chi connectivity index (χ0n) is 33.6. The van der Waals surface area contributed by atoms with Crippen molar-refractivity contribution in [2.24, 2.45) is 0 Å². The first-order chi connectivity index (χ1) is 29.6. The Morgan fingerprint density at radius 1 is 0.250 bits per heavy atom. The predicted octanol–water partition coefficient (Wildman–Crippen LogP) is 14.8. The molecular weight excluding hydrogens is 721 g/mol. The van der Waals surface area contributed by atoms with E-state index in [-0.39, 0.29) is 10.8 Å². The second kappa shape index (κ2) is 12.1. The maximum atomic E-state index is 2.50. The molecule has 0 heterocycles. The van der Waals surface area contributed by atoms with E-state index < -0.39 is 0 Å². The molecule has 0 nitrogen and oxygen atoms in total. The quantitative estimate of drug-likeness (QED) is 0.168. The van der Waals surface area contributed by atoms with Gasteiger partial charge in [-0.3, -0.25) is 0 Å². The lowest BCUT2D eigenvalue weighted by Crippen LogP contribution is -2.26. The average Bonchev–Trinajstić information content (AvgIpc) is 3.97. The maximum Gasteiger partial charge on any atom is 0.0725 e. The first kappa shape index (κ1) is 33.7. The van der Waals surface area contributed by atoms with Crippen LogP contribution in [0.15, 0.2) is 212 Å². The summed E-state index contributed by atoms with van der Waals surface area (Å²) in [6, 6.07) is 78.0. The van der Waals surface area contributed by atoms with Gasteiger partial charge in [0.2, 0.25) is 0 Å². The van der Waals surface area contributed by atoms with E-state index in [4.69, 9.17) is 0 Å². The smallest absolute Gasteiger partial charge is 0.0620 e. The largest absolute Gasteiger partial charge is 0.0725 e. The van der Waals surface area contributed by atoms with Crippen LogP contribution in [0.3, 0.4) is 0 Å². The topological polar surface area (TPSA) is 0 Å². The van der Waals surface area contributed by atoms with Crippen LogP contribution in [0.4, 0.5) is 0 Å². The molecule has 13 rings (SSSR count). The number of fused-ring (bicyclic) bond motifs is 17. The van der Waals surface area contributed by atoms with Crippen molar-refractivity contribution in [1.29, 1.82) is 0 Å². The van der Waals surface area contributed by atoms with Crippen LogP contribution in [-0.2, 0) is 10.8 Å². The van der Waals surface area contributed by atoms with E-state index in [1.165, 1.54) is 122 Å². The van der Waals surface area contributed by atoms with E-state index in [2.05, 4.69) is 220 Å². The minimum Gasteiger partial charge on any atom is -0.0620 e. The highest BCUT2D eigenvalue weighted by atomic mass is 14.5. The van der Waals surface area contributed by atoms with Gasteiger partial charge in [-0.15, -0.1) is 0 Å². The number of hydrogen-bond acceptors (Lipinski definition) is 0. The summed E-state index contributed by atoms with van der Waals surface area (Å²) in [6.45, 7) is 4.63. The Hall–Kier alpha value is -7.28. The van der Waals surface area contributed by atoms with E-state index in [0.717, 1.165) is 0 Å². The van der Waals surface area contributed by atoms with Crippen LogP contribution in [-0.4, -0.2) is 0 Å². The maximum absolute atomic E-state index is 2.50. The van der Waals surface area contributed by atoms with Gasteiger partial charge in [-0.25, -0.2) is 0 Å². The SMILES string of the molecule is CC1=C(c2ccccc2C)c2ccc(-c3ccc(-c4ccc5c(c4)C4(c6ccccc6-c6ccccc64)c4ccccc4-5)cc3)cc2C12c1ccccc1-c1ccccc12. The molecule has 0 fully saturated rings. The van der Waals surface area contributed by atoms with Gasteiger partial charge in [-0.1, -0.05) is 194 Å². The fourth-order valence-electron chi connectivity index (χ4n) is 12.1. The van der Waals surface area contributed by atoms with Crippen LogP contribution in [0, 0.1) is 6.92 Å². The Morgan fingerprint density at radius 3 is 1.00 bits per heavy atom. The van der Waals surface area contributed by atoms with Crippen molar-refractivity contribution in [2.45, 2.75) is 24.7 Å². The normalized spacial score (nSPS) is 15.0. The molecule has 0 aromatic heterocycles. The fraction of sp³-hybridized carbons (Fsp3) is 0.0667. The lowest BCUT2D eigenvalue weighted by molar-refractivity contribution is 0.766. The molecule has 4 aliphatic carbocycles. The summed E-state index contributed by atoms with van der Waals surface area (Å²) in [6.07, 6.45) is 0. The number of benzene rings is 9. The van der Waals surface area contributed by atoms with Crippen molar-refractivity contribution < 1.29 is 0 Å². The minimum absolute atomic E-state index is 0.351. The Kier molecular flexibility index (Phi) is 6.81. The van der Waals surface area contributed by atoms with Crippen LogP contribution in [0.25, 0.3) is 61.2 Å². The Labute approximate surface area is 351 Å². The molecular formula is C60H40. The molecule has 0 bridgehead atoms. The summed E-state index contributed by atoms with van der Waals surface area (Å²) in [5, 5.41) is 0. The molecule has 0 unspecified atom stereocenters. The summed E-state index contributed by atoms with van der Waals surface area (Å²) in [4.78, 5) is 0. The van der Waals surface area contributed by atoms with E-state index in [0.29, 0.717) is 0 Å². The van der Waals surface area contributed by atoms with E-state index in [1.54, 1.807) is 0 Å². The molecule has 0 heteroatoms. The molecule has 0 amide bonds. The number of hydrogen-bond donors (Lipinski definition) is 0. The van der Waals surface area contributed by atoms with Gasteiger partial charge in [0.25, 0.3) is 0 Å². The molecule has 0 N–H and O–H groups in total. The van der Waals surface area contributed by atoms with Gasteiger partial charge in [-0.2, -0.15) is 0 Å². The van der Waals surface area contributed by atoms with E-state index >= 15 is 0 Å². The third-order valence-electron chi connectivity index (χ3n) is 14.5. The molecule has 280 valence electrons. The highest BCUT2D eigenvalue weighted by Gasteiger charge is 2.53. The lowest BCUT2D eigenvalue weighted by atomic mass is 9.69. The second-order valence-electron chi connectivity index (χ2n) is 17.1. The molecule has 4 aliphatic rings. The van der Waals surface area contributed by atoms with Crippen LogP contribution >= 0.6 is 0 Å². The van der Waals surface area contributed by atoms with Gasteiger partial charge in [0.1, 0.15) is 0 Å². The molecule has 60 heavy (non-hydrogen) atoms. The van der Waals surface area contributed by atoms with Gasteiger partial charge in [-0.05, 0) is 148 Å². The first-order valence-corrected chi connectivity index (χ1v) is 21.3. The molecule has 9 aromatic carbocycles. The summed E-state index contributed by atoms with van der Waals surface area (Å²) in [5.41, 5.74) is 28.6. The number of aryl methyl sites for hydroxylation is 1. The van der Waals surface area contributed by atoms with Crippen LogP contribution in [0.5, 0.6) is 0 Å². The van der Waals surface area contributed by atoms with Crippen molar-refractivity contribution in [3.63, 3.8) is 0 Å². The van der Waals surface area contributed by atoms with Gasteiger partial charge in [0.15, 0.2) is 0 Å². The molecule has 2 spiro atoms. The van der Waals surface area contributed by atoms with Crippen LogP contribution in [0.1, 0.15) is 62.6 Å². The molecule has 0 aliphatic heterocycles. The highest BCUT2D eigenvalue weighted by molar-refractivity contribution is 6.00.